The summed E-state index contributed by atoms with van der Waals surface area (Å²) < 4.78 is 19.2. The Hall–Kier alpha value is -4.07. The molecule has 1 aromatic heterocycles. The topological polar surface area (TPSA) is 172 Å². The van der Waals surface area contributed by atoms with Crippen molar-refractivity contribution in [3.8, 4) is 0 Å². The summed E-state index contributed by atoms with van der Waals surface area (Å²) in [5.74, 6) is -3.47. The maximum absolute atomic E-state index is 13.8. The number of hydrogen-bond donors (Lipinski definition) is 5. The molecule has 0 radical (unpaired) electrons. The predicted molar refractivity (Wildman–Crippen MR) is 146 cm³/mol. The molecule has 1 atom stereocenters. The highest BCUT2D eigenvalue weighted by Gasteiger charge is 2.29. The lowest BCUT2D eigenvalue weighted by Gasteiger charge is -2.29. The van der Waals surface area contributed by atoms with Gasteiger partial charge >= 0.3 is 11.9 Å². The van der Waals surface area contributed by atoms with E-state index in [1.165, 1.54) is 12.1 Å². The van der Waals surface area contributed by atoms with Crippen molar-refractivity contribution in [3.05, 3.63) is 52.1 Å². The number of aromatic nitrogens is 1. The van der Waals surface area contributed by atoms with Crippen molar-refractivity contribution in [3.63, 3.8) is 0 Å². The van der Waals surface area contributed by atoms with E-state index in [1.54, 1.807) is 12.1 Å². The highest BCUT2D eigenvalue weighted by molar-refractivity contribution is 6.34. The van der Waals surface area contributed by atoms with Crippen LogP contribution in [0.3, 0.4) is 0 Å². The van der Waals surface area contributed by atoms with Crippen LogP contribution >= 0.6 is 0 Å². The summed E-state index contributed by atoms with van der Waals surface area (Å²) >= 11 is 0. The van der Waals surface area contributed by atoms with Crippen LogP contribution in [0.1, 0.15) is 45.7 Å². The van der Waals surface area contributed by atoms with Crippen LogP contribution in [0.4, 0.5) is 10.1 Å². The van der Waals surface area contributed by atoms with Crippen molar-refractivity contribution >= 4 is 41.1 Å². The Bertz CT molecular complexity index is 1370. The number of carbonyl (C=O) groups excluding carboxylic acids is 2. The number of carbonyl (C=O) groups is 4. The number of nitrogens with one attached hydrogen (secondary N) is 2. The monoisotopic (exact) mass is 572 g/mol. The Labute approximate surface area is 235 Å². The summed E-state index contributed by atoms with van der Waals surface area (Å²) in [5, 5.41) is 26.9. The van der Waals surface area contributed by atoms with Crippen molar-refractivity contribution < 1.29 is 43.6 Å². The predicted octanol–water partition coefficient (Wildman–Crippen LogP) is 1.58. The molecule has 12 nitrogen and oxygen atoms in total. The number of rotatable bonds is 7. The van der Waals surface area contributed by atoms with E-state index in [2.05, 4.69) is 15.2 Å². The summed E-state index contributed by atoms with van der Waals surface area (Å²) in [5.41, 5.74) is 4.70. The molecule has 1 saturated heterocycles. The number of fused-ring (bicyclic) bond motifs is 2. The first-order valence-electron chi connectivity index (χ1n) is 13.3. The fraction of sp³-hybridized carbons (Fsp3) is 0.429. The number of anilines is 1. The van der Waals surface area contributed by atoms with Gasteiger partial charge in [-0.05, 0) is 49.6 Å². The number of amides is 2. The molecule has 3 aliphatic heterocycles. The number of aromatic amines is 1. The van der Waals surface area contributed by atoms with Crippen LogP contribution < -0.4 is 5.32 Å². The molecule has 0 spiro atoms. The van der Waals surface area contributed by atoms with Gasteiger partial charge in [-0.25, -0.2) is 9.18 Å². The van der Waals surface area contributed by atoms with Crippen LogP contribution in [-0.2, 0) is 25.5 Å². The SMILES string of the molecule is Cc1c(/C=C2\C(=O)Nc3ccc(F)cc32)[nH]c2c1C(=O)N(CCN1CCOCC1)CCC2.O=C(O)C[C@H](O)C(=O)O. The van der Waals surface area contributed by atoms with Gasteiger partial charge in [0.15, 0.2) is 6.10 Å². The van der Waals surface area contributed by atoms with Crippen LogP contribution in [-0.4, -0.2) is 106 Å². The number of hydrogen-bond acceptors (Lipinski definition) is 7. The zero-order valence-electron chi connectivity index (χ0n) is 22.6. The molecule has 1 fully saturated rings. The second-order valence-corrected chi connectivity index (χ2v) is 10.0. The zero-order valence-corrected chi connectivity index (χ0v) is 22.6. The van der Waals surface area contributed by atoms with E-state index in [-0.39, 0.29) is 11.8 Å². The number of carboxylic acids is 2. The number of aliphatic hydroxyl groups is 1. The molecule has 0 saturated carbocycles. The number of aliphatic hydroxyl groups excluding tert-OH is 1. The third-order valence-electron chi connectivity index (χ3n) is 7.22. The standard InChI is InChI=1S/C24H27FN4O3.C4H6O5/c1-15-21(14-18-17-13-16(25)4-5-19(17)27-23(18)30)26-20-3-2-6-29(24(31)22(15)20)8-7-28-9-11-32-12-10-28;5-2(4(8)9)1-3(6)7/h4-5,13-14,26H,2-3,6-12H2,1H3,(H,27,30);2,5H,1H2,(H,6,7)(H,8,9)/b18-14-;/t;2-/m.0/s1. The number of morpholine rings is 1. The molecule has 0 aliphatic carbocycles. The summed E-state index contributed by atoms with van der Waals surface area (Å²) in [6.45, 7) is 7.46. The summed E-state index contributed by atoms with van der Waals surface area (Å²) in [7, 11) is 0. The fourth-order valence-electron chi connectivity index (χ4n) is 5.01. The van der Waals surface area contributed by atoms with Gasteiger partial charge in [-0.1, -0.05) is 0 Å². The second-order valence-electron chi connectivity index (χ2n) is 10.0. The molecular formula is C28H33FN4O8. The third-order valence-corrected chi connectivity index (χ3v) is 7.22. The fourth-order valence-corrected chi connectivity index (χ4v) is 5.01. The van der Waals surface area contributed by atoms with E-state index in [4.69, 9.17) is 20.1 Å². The Balaban J connectivity index is 0.000000374. The summed E-state index contributed by atoms with van der Waals surface area (Å²) in [6.07, 6.45) is 0.844. The van der Waals surface area contributed by atoms with Gasteiger partial charge in [0.1, 0.15) is 5.82 Å². The molecule has 3 aliphatic rings. The van der Waals surface area contributed by atoms with Crippen molar-refractivity contribution in [1.29, 1.82) is 0 Å². The van der Waals surface area contributed by atoms with E-state index in [9.17, 15) is 23.6 Å². The Morgan fingerprint density at radius 2 is 1.88 bits per heavy atom. The molecule has 5 N–H and O–H groups in total. The molecule has 220 valence electrons. The van der Waals surface area contributed by atoms with Gasteiger partial charge in [-0.15, -0.1) is 0 Å². The first-order valence-corrected chi connectivity index (χ1v) is 13.3. The van der Waals surface area contributed by atoms with Gasteiger partial charge in [-0.3, -0.25) is 19.3 Å². The highest BCUT2D eigenvalue weighted by atomic mass is 19.1. The van der Waals surface area contributed by atoms with Gasteiger partial charge in [0.05, 0.1) is 30.8 Å². The molecular weight excluding hydrogens is 539 g/mol. The van der Waals surface area contributed by atoms with E-state index in [0.29, 0.717) is 28.9 Å². The number of benzene rings is 1. The number of carboxylic acid groups (broad SMARTS) is 2. The van der Waals surface area contributed by atoms with Gasteiger partial charge in [0, 0.05) is 55.4 Å². The maximum atomic E-state index is 13.8. The lowest BCUT2D eigenvalue weighted by Crippen LogP contribution is -2.43. The molecule has 0 unspecified atom stereocenters. The molecule has 2 aromatic rings. The van der Waals surface area contributed by atoms with Crippen molar-refractivity contribution in [2.45, 2.75) is 32.3 Å². The molecule has 13 heteroatoms. The number of nitrogens with zero attached hydrogens (tertiary/aromatic N) is 2. The molecule has 4 heterocycles. The minimum absolute atomic E-state index is 0.0338. The van der Waals surface area contributed by atoms with Gasteiger partial charge in [-0.2, -0.15) is 0 Å². The van der Waals surface area contributed by atoms with Crippen LogP contribution in [0.2, 0.25) is 0 Å². The number of aryl methyl sites for hydroxylation is 1. The molecule has 2 amide bonds. The number of H-pyrrole nitrogens is 1. The quantitative estimate of drug-likeness (QED) is 0.309. The Kier molecular flexibility index (Phi) is 9.53. The van der Waals surface area contributed by atoms with E-state index >= 15 is 0 Å². The van der Waals surface area contributed by atoms with Gasteiger partial charge in [0.2, 0.25) is 0 Å². The lowest BCUT2D eigenvalue weighted by molar-refractivity contribution is -0.152. The van der Waals surface area contributed by atoms with Crippen molar-refractivity contribution in [2.75, 3.05) is 51.3 Å². The first kappa shape index (κ1) is 29.9. The largest absolute Gasteiger partial charge is 0.481 e. The van der Waals surface area contributed by atoms with Crippen LogP contribution in [0, 0.1) is 12.7 Å². The minimum atomic E-state index is -1.79. The Morgan fingerprint density at radius 3 is 2.54 bits per heavy atom. The van der Waals surface area contributed by atoms with Crippen LogP contribution in [0.25, 0.3) is 11.6 Å². The Morgan fingerprint density at radius 1 is 1.15 bits per heavy atom. The summed E-state index contributed by atoms with van der Waals surface area (Å²) in [4.78, 5) is 53.0. The normalized spacial score (nSPS) is 18.6. The lowest BCUT2D eigenvalue weighted by atomic mass is 10.0. The second kappa shape index (κ2) is 13.1. The van der Waals surface area contributed by atoms with E-state index in [0.717, 1.165) is 69.2 Å². The average Bonchev–Trinajstić information content (AvgIpc) is 3.35. The van der Waals surface area contributed by atoms with Gasteiger partial charge < -0.3 is 35.3 Å². The molecule has 5 rings (SSSR count). The average molecular weight is 573 g/mol. The number of halogens is 1. The van der Waals surface area contributed by atoms with E-state index in [1.807, 2.05) is 11.8 Å². The number of ether oxygens (including phenoxy) is 1. The highest BCUT2D eigenvalue weighted by Crippen LogP contribution is 2.35. The van der Waals surface area contributed by atoms with Crippen LogP contribution in [0.15, 0.2) is 18.2 Å². The number of aliphatic carboxylic acids is 2. The third kappa shape index (κ3) is 7.17. The zero-order chi connectivity index (χ0) is 29.7. The van der Waals surface area contributed by atoms with Gasteiger partial charge in [0.25, 0.3) is 11.8 Å². The van der Waals surface area contributed by atoms with E-state index < -0.39 is 30.3 Å². The first-order chi connectivity index (χ1) is 19.5. The van der Waals surface area contributed by atoms with Crippen LogP contribution in [0.5, 0.6) is 0 Å². The minimum Gasteiger partial charge on any atom is -0.481 e. The van der Waals surface area contributed by atoms with Crippen molar-refractivity contribution in [1.82, 2.24) is 14.8 Å². The summed E-state index contributed by atoms with van der Waals surface area (Å²) in [6, 6.07) is 4.26. The molecule has 1 aromatic carbocycles. The molecule has 0 bridgehead atoms. The molecule has 41 heavy (non-hydrogen) atoms. The smallest absolute Gasteiger partial charge is 0.333 e. The maximum Gasteiger partial charge on any atom is 0.333 e. The van der Waals surface area contributed by atoms with Crippen molar-refractivity contribution in [2.24, 2.45) is 0 Å².